The Hall–Kier alpha value is -4.11. The maximum absolute atomic E-state index is 13.3. The van der Waals surface area contributed by atoms with E-state index in [4.69, 9.17) is 11.6 Å². The van der Waals surface area contributed by atoms with Gasteiger partial charge in [-0.2, -0.15) is 0 Å². The Kier molecular flexibility index (Phi) is 6.41. The highest BCUT2D eigenvalue weighted by Gasteiger charge is 2.12. The summed E-state index contributed by atoms with van der Waals surface area (Å²) in [4.78, 5) is 31.7. The Morgan fingerprint density at radius 1 is 1.03 bits per heavy atom. The standard InChI is InChI=1S/C23H17ClFN5O3/c24-16-6-9-19-20(13-16)28-21(14-4-7-17(25)8-5-14)29-22(19)26-10-11-27-23(31)15-2-1-3-18(12-15)30(32)33/h1-9,12-13H,10-11H2,(H,27,31)(H,26,28,29). The third-order valence-electron chi connectivity index (χ3n) is 4.78. The van der Waals surface area contributed by atoms with E-state index >= 15 is 0 Å². The summed E-state index contributed by atoms with van der Waals surface area (Å²) in [6, 6.07) is 16.6. The molecule has 1 heterocycles. The van der Waals surface area contributed by atoms with Crippen LogP contribution < -0.4 is 10.6 Å². The van der Waals surface area contributed by atoms with Crippen LogP contribution in [-0.2, 0) is 0 Å². The van der Waals surface area contributed by atoms with Gasteiger partial charge in [-0.05, 0) is 48.5 Å². The minimum absolute atomic E-state index is 0.153. The summed E-state index contributed by atoms with van der Waals surface area (Å²) in [5.74, 6) is 0.140. The van der Waals surface area contributed by atoms with E-state index in [9.17, 15) is 19.3 Å². The number of hydrogen-bond donors (Lipinski definition) is 2. The van der Waals surface area contributed by atoms with Gasteiger partial charge in [-0.15, -0.1) is 0 Å². The van der Waals surface area contributed by atoms with E-state index in [0.29, 0.717) is 34.3 Å². The summed E-state index contributed by atoms with van der Waals surface area (Å²) in [6.07, 6.45) is 0. The molecule has 3 aromatic carbocycles. The number of hydrogen-bond acceptors (Lipinski definition) is 6. The molecular formula is C23H17ClFN5O3. The van der Waals surface area contributed by atoms with Crippen molar-refractivity contribution in [2.45, 2.75) is 0 Å². The van der Waals surface area contributed by atoms with Gasteiger partial charge in [0.2, 0.25) is 0 Å². The summed E-state index contributed by atoms with van der Waals surface area (Å²) in [7, 11) is 0. The second kappa shape index (κ2) is 9.58. The van der Waals surface area contributed by atoms with Crippen molar-refractivity contribution in [3.63, 3.8) is 0 Å². The molecule has 0 aliphatic rings. The molecule has 0 bridgehead atoms. The predicted octanol–water partition coefficient (Wildman–Crippen LogP) is 4.84. The molecule has 0 radical (unpaired) electrons. The second-order valence-electron chi connectivity index (χ2n) is 7.05. The molecule has 8 nitrogen and oxygen atoms in total. The largest absolute Gasteiger partial charge is 0.368 e. The lowest BCUT2D eigenvalue weighted by Gasteiger charge is -2.12. The third kappa shape index (κ3) is 5.21. The Labute approximate surface area is 192 Å². The van der Waals surface area contributed by atoms with E-state index in [-0.39, 0.29) is 23.6 Å². The number of non-ortho nitro benzene ring substituents is 1. The van der Waals surface area contributed by atoms with Crippen LogP contribution in [0.2, 0.25) is 5.02 Å². The molecule has 0 spiro atoms. The molecule has 10 heteroatoms. The smallest absolute Gasteiger partial charge is 0.270 e. The van der Waals surface area contributed by atoms with Crippen LogP contribution in [0.15, 0.2) is 66.7 Å². The maximum atomic E-state index is 13.3. The number of amides is 1. The Bertz CT molecular complexity index is 1350. The quantitative estimate of drug-likeness (QED) is 0.229. The van der Waals surface area contributed by atoms with Gasteiger partial charge in [0, 0.05) is 46.8 Å². The third-order valence-corrected chi connectivity index (χ3v) is 5.02. The van der Waals surface area contributed by atoms with E-state index in [1.807, 2.05) is 0 Å². The van der Waals surface area contributed by atoms with E-state index in [1.165, 1.54) is 36.4 Å². The van der Waals surface area contributed by atoms with E-state index in [2.05, 4.69) is 20.6 Å². The van der Waals surface area contributed by atoms with Gasteiger partial charge in [0.05, 0.1) is 10.4 Å². The number of nitro benzene ring substituents is 1. The highest BCUT2D eigenvalue weighted by molar-refractivity contribution is 6.31. The number of carbonyl (C=O) groups is 1. The van der Waals surface area contributed by atoms with Crippen LogP contribution in [-0.4, -0.2) is 33.9 Å². The number of halogens is 2. The van der Waals surface area contributed by atoms with E-state index < -0.39 is 10.8 Å². The average Bonchev–Trinajstić information content (AvgIpc) is 2.81. The predicted molar refractivity (Wildman–Crippen MR) is 124 cm³/mol. The van der Waals surface area contributed by atoms with Crippen LogP contribution in [0.25, 0.3) is 22.3 Å². The van der Waals surface area contributed by atoms with Crippen molar-refractivity contribution in [3.8, 4) is 11.4 Å². The second-order valence-corrected chi connectivity index (χ2v) is 7.49. The maximum Gasteiger partial charge on any atom is 0.270 e. The Morgan fingerprint density at radius 3 is 2.58 bits per heavy atom. The van der Waals surface area contributed by atoms with Crippen molar-refractivity contribution in [2.75, 3.05) is 18.4 Å². The van der Waals surface area contributed by atoms with Gasteiger partial charge < -0.3 is 10.6 Å². The minimum atomic E-state index is -0.552. The number of carbonyl (C=O) groups excluding carboxylic acids is 1. The zero-order chi connectivity index (χ0) is 23.4. The number of benzene rings is 3. The number of rotatable bonds is 7. The van der Waals surface area contributed by atoms with Gasteiger partial charge in [-0.3, -0.25) is 14.9 Å². The molecule has 4 rings (SSSR count). The molecule has 166 valence electrons. The first-order valence-corrected chi connectivity index (χ1v) is 10.3. The van der Waals surface area contributed by atoms with Gasteiger partial charge in [0.25, 0.3) is 11.6 Å². The van der Waals surface area contributed by atoms with Crippen molar-refractivity contribution in [3.05, 3.63) is 93.2 Å². The van der Waals surface area contributed by atoms with Crippen LogP contribution in [0.1, 0.15) is 10.4 Å². The van der Waals surface area contributed by atoms with Gasteiger partial charge in [0.1, 0.15) is 11.6 Å². The fraction of sp³-hybridized carbons (Fsp3) is 0.0870. The molecule has 0 unspecified atom stereocenters. The average molecular weight is 466 g/mol. The first kappa shape index (κ1) is 22.1. The fourth-order valence-electron chi connectivity index (χ4n) is 3.19. The molecule has 0 aliphatic heterocycles. The van der Waals surface area contributed by atoms with E-state index in [1.54, 1.807) is 30.3 Å². The summed E-state index contributed by atoms with van der Waals surface area (Å²) < 4.78 is 13.3. The molecule has 1 aromatic heterocycles. The van der Waals surface area contributed by atoms with Crippen molar-refractivity contribution >= 4 is 39.9 Å². The topological polar surface area (TPSA) is 110 Å². The molecule has 33 heavy (non-hydrogen) atoms. The zero-order valence-electron chi connectivity index (χ0n) is 17.1. The molecular weight excluding hydrogens is 449 g/mol. The van der Waals surface area contributed by atoms with E-state index in [0.717, 1.165) is 5.39 Å². The van der Waals surface area contributed by atoms with Crippen molar-refractivity contribution < 1.29 is 14.1 Å². The van der Waals surface area contributed by atoms with Gasteiger partial charge in [-0.25, -0.2) is 14.4 Å². The summed E-state index contributed by atoms with van der Waals surface area (Å²) >= 11 is 6.12. The first-order chi connectivity index (χ1) is 15.9. The summed E-state index contributed by atoms with van der Waals surface area (Å²) in [5.41, 5.74) is 1.30. The monoisotopic (exact) mass is 465 g/mol. The van der Waals surface area contributed by atoms with Crippen LogP contribution in [0.4, 0.5) is 15.9 Å². The molecule has 0 atom stereocenters. The summed E-state index contributed by atoms with van der Waals surface area (Å²) in [5, 5.41) is 18.0. The molecule has 2 N–H and O–H groups in total. The zero-order valence-corrected chi connectivity index (χ0v) is 17.8. The number of nitrogens with one attached hydrogen (secondary N) is 2. The lowest BCUT2D eigenvalue weighted by atomic mass is 10.1. The van der Waals surface area contributed by atoms with Crippen LogP contribution in [0, 0.1) is 15.9 Å². The number of fused-ring (bicyclic) bond motifs is 1. The Morgan fingerprint density at radius 2 is 1.82 bits per heavy atom. The fourth-order valence-corrected chi connectivity index (χ4v) is 3.35. The van der Waals surface area contributed by atoms with Gasteiger partial charge >= 0.3 is 0 Å². The number of anilines is 1. The summed E-state index contributed by atoms with van der Waals surface area (Å²) in [6.45, 7) is 0.574. The number of nitrogens with zero attached hydrogens (tertiary/aromatic N) is 3. The Balaban J connectivity index is 1.50. The lowest BCUT2D eigenvalue weighted by Crippen LogP contribution is -2.29. The molecule has 0 aliphatic carbocycles. The minimum Gasteiger partial charge on any atom is -0.368 e. The molecule has 0 saturated carbocycles. The number of nitro groups is 1. The first-order valence-electron chi connectivity index (χ1n) is 9.90. The van der Waals surface area contributed by atoms with Crippen molar-refractivity contribution in [1.29, 1.82) is 0 Å². The van der Waals surface area contributed by atoms with Crippen molar-refractivity contribution in [2.24, 2.45) is 0 Å². The molecule has 1 amide bonds. The number of aromatic nitrogens is 2. The van der Waals surface area contributed by atoms with Gasteiger partial charge in [0.15, 0.2) is 5.82 Å². The molecule has 0 fully saturated rings. The van der Waals surface area contributed by atoms with Crippen LogP contribution in [0.5, 0.6) is 0 Å². The van der Waals surface area contributed by atoms with Crippen LogP contribution >= 0.6 is 11.6 Å². The normalized spacial score (nSPS) is 10.7. The molecule has 0 saturated heterocycles. The molecule has 4 aromatic rings. The SMILES string of the molecule is O=C(NCCNc1nc(-c2ccc(F)cc2)nc2cc(Cl)ccc12)c1cccc([N+](=O)[O-])c1. The highest BCUT2D eigenvalue weighted by Crippen LogP contribution is 2.27. The lowest BCUT2D eigenvalue weighted by molar-refractivity contribution is -0.384. The highest BCUT2D eigenvalue weighted by atomic mass is 35.5. The van der Waals surface area contributed by atoms with Crippen molar-refractivity contribution in [1.82, 2.24) is 15.3 Å². The van der Waals surface area contributed by atoms with Crippen LogP contribution in [0.3, 0.4) is 0 Å². The van der Waals surface area contributed by atoms with Gasteiger partial charge in [-0.1, -0.05) is 17.7 Å².